The van der Waals surface area contributed by atoms with Crippen LogP contribution in [0.2, 0.25) is 5.02 Å². The molecule has 0 aliphatic heterocycles. The lowest BCUT2D eigenvalue weighted by Gasteiger charge is -2.25. The first-order chi connectivity index (χ1) is 30.6. The Morgan fingerprint density at radius 3 is 2.06 bits per heavy atom. The van der Waals surface area contributed by atoms with E-state index in [0.717, 1.165) is 36.3 Å². The number of rotatable bonds is 18. The van der Waals surface area contributed by atoms with Gasteiger partial charge in [-0.1, -0.05) is 72.1 Å². The lowest BCUT2D eigenvalue weighted by atomic mass is 10.0. The minimum Gasteiger partial charge on any atom is -0.480 e. The molecule has 0 unspecified atom stereocenters. The van der Waals surface area contributed by atoms with Gasteiger partial charge in [-0.25, -0.2) is 14.2 Å². The van der Waals surface area contributed by atoms with Gasteiger partial charge in [0.1, 0.15) is 18.3 Å². The number of carbonyl (C=O) groups excluding carboxylic acids is 3. The summed E-state index contributed by atoms with van der Waals surface area (Å²) < 4.78 is 60.0. The zero-order valence-electron chi connectivity index (χ0n) is 36.8. The molecule has 4 N–H and O–H groups in total. The van der Waals surface area contributed by atoms with E-state index < -0.39 is 66.4 Å². The number of nitrogens with zero attached hydrogens (tertiary/aromatic N) is 4. The van der Waals surface area contributed by atoms with Gasteiger partial charge >= 0.3 is 31.4 Å². The molecule has 1 aromatic heterocycles. The van der Waals surface area contributed by atoms with Crippen LogP contribution in [-0.2, 0) is 48.1 Å². The summed E-state index contributed by atoms with van der Waals surface area (Å²) in [6, 6.07) is 9.94. The molecule has 0 saturated heterocycles. The molecule has 1 heterocycles. The summed E-state index contributed by atoms with van der Waals surface area (Å²) in [5.41, 5.74) is -0.880. The number of benzene rings is 2. The Morgan fingerprint density at radius 1 is 1.02 bits per heavy atom. The van der Waals surface area contributed by atoms with Crippen molar-refractivity contribution in [3.05, 3.63) is 116 Å². The van der Waals surface area contributed by atoms with Crippen LogP contribution in [0.4, 0.5) is 18.9 Å². The fourth-order valence-electron chi connectivity index (χ4n) is 5.14. The van der Waals surface area contributed by atoms with Gasteiger partial charge in [0, 0.05) is 32.8 Å². The van der Waals surface area contributed by atoms with Crippen LogP contribution in [0.3, 0.4) is 0 Å². The lowest BCUT2D eigenvalue weighted by molar-refractivity contribution is -0.144. The molecular weight excluding hydrogens is 984 g/mol. The molecule has 25 heteroatoms. The van der Waals surface area contributed by atoms with E-state index in [2.05, 4.69) is 25.4 Å². The van der Waals surface area contributed by atoms with Gasteiger partial charge in [-0.05, 0) is 63.4 Å². The number of carboxylic acids is 1. The lowest BCUT2D eigenvalue weighted by Crippen LogP contribution is -2.40. The first-order valence-electron chi connectivity index (χ1n) is 19.3. The number of aromatic nitrogens is 2. The summed E-state index contributed by atoms with van der Waals surface area (Å²) in [4.78, 5) is 87.8. The molecule has 2 aromatic carbocycles. The number of ether oxygens (including phenoxy) is 2. The number of carbonyl (C=O) groups is 4. The number of hydrogen-bond acceptors (Lipinski definition) is 10. The van der Waals surface area contributed by atoms with E-state index in [1.807, 2.05) is 32.0 Å². The van der Waals surface area contributed by atoms with Crippen LogP contribution >= 0.6 is 54.0 Å². The molecule has 368 valence electrons. The molecule has 0 spiro atoms. The van der Waals surface area contributed by atoms with Gasteiger partial charge in [0.25, 0.3) is 11.5 Å². The van der Waals surface area contributed by atoms with Crippen molar-refractivity contribution in [3.63, 3.8) is 0 Å². The fraction of sp³-hybridized carbons (Fsp3) is 0.415. The van der Waals surface area contributed by atoms with Gasteiger partial charge in [-0.3, -0.25) is 38.5 Å². The molecule has 0 saturated carbocycles. The highest BCUT2D eigenvalue weighted by atomic mass is 35.5. The topological polar surface area (TPSA) is 227 Å². The van der Waals surface area contributed by atoms with E-state index in [0.29, 0.717) is 34.9 Å². The molecular formula is C41H53Cl4F3N5O12P. The Kier molecular flexibility index (Phi) is 28.0. The van der Waals surface area contributed by atoms with Crippen LogP contribution in [0.25, 0.3) is 5.69 Å². The number of amides is 2. The highest BCUT2D eigenvalue weighted by Gasteiger charge is 2.35. The summed E-state index contributed by atoms with van der Waals surface area (Å²) in [5.74, 6) is -2.42. The van der Waals surface area contributed by atoms with E-state index in [9.17, 15) is 46.5 Å². The Morgan fingerprint density at radius 2 is 1.61 bits per heavy atom. The molecule has 0 atom stereocenters. The monoisotopic (exact) mass is 1040 g/mol. The van der Waals surface area contributed by atoms with Crippen LogP contribution in [0, 0.1) is 6.92 Å². The van der Waals surface area contributed by atoms with Crippen LogP contribution in [0.5, 0.6) is 0 Å². The standard InChI is InChI=1S/C16H14ClF3N2O4.C14H20ClNO2.C8H11Cl2NO.C3H8NO5P/c1-8(2)26-14(24)10-6-9(4-5-11(10)17)22-13(23)7-12(16(18,19)20)21(3)15(22)25;1-4-12-8-6-7-11(3)14(12)16(10-18-5-2)13(17)9-15;1-3-5-11(6-4-2)8(12)7(9)10;5-3(6)1-4-2-10(7,8)9/h4-8H,1-3H3;6-8H,4-5,9-10H2,1-3H3;3-4,7H,1-2,5-6H2;4H,1-2H2,(H,5,6)(H2,7,8,9). The van der Waals surface area contributed by atoms with E-state index in [-0.39, 0.29) is 40.7 Å². The predicted molar refractivity (Wildman–Crippen MR) is 248 cm³/mol. The largest absolute Gasteiger partial charge is 0.480 e. The molecule has 66 heavy (non-hydrogen) atoms. The zero-order chi connectivity index (χ0) is 51.1. The summed E-state index contributed by atoms with van der Waals surface area (Å²) in [6.07, 6.45) is -1.81. The smallest absolute Gasteiger partial charge is 0.431 e. The SMILES string of the molecule is C=CCN(CC=C)C(=O)C(Cl)Cl.CC(C)OC(=O)c1cc(-n2c(=O)cc(C(F)(F)F)n(C)c2=O)ccc1Cl.CCOCN(C(=O)CCl)c1c(C)cccc1CC.O=C(O)CNCP(=O)(O)O. The highest BCUT2D eigenvalue weighted by molar-refractivity contribution is 7.51. The Balaban J connectivity index is 0.000000919. The molecule has 3 rings (SSSR count). The van der Waals surface area contributed by atoms with Crippen LogP contribution in [0.15, 0.2) is 77.4 Å². The summed E-state index contributed by atoms with van der Waals surface area (Å²) in [6.45, 7) is 17.5. The Labute approximate surface area is 399 Å². The number of carboxylic acid groups (broad SMARTS) is 1. The Hall–Kier alpha value is -4.50. The second kappa shape index (κ2) is 30.0. The van der Waals surface area contributed by atoms with Crippen molar-refractivity contribution < 1.29 is 61.3 Å². The van der Waals surface area contributed by atoms with Crippen LogP contribution in [0.1, 0.15) is 54.9 Å². The minimum absolute atomic E-state index is 0.0104. The van der Waals surface area contributed by atoms with Crippen molar-refractivity contribution in [2.24, 2.45) is 7.05 Å². The molecule has 2 amide bonds. The molecule has 0 aliphatic rings. The second-order valence-electron chi connectivity index (χ2n) is 13.4. The van der Waals surface area contributed by atoms with Gasteiger partial charge in [-0.15, -0.1) is 24.8 Å². The van der Waals surface area contributed by atoms with Gasteiger partial charge in [0.05, 0.1) is 40.9 Å². The van der Waals surface area contributed by atoms with Crippen molar-refractivity contribution in [2.45, 2.75) is 58.2 Å². The normalized spacial score (nSPS) is 10.9. The molecule has 17 nitrogen and oxygen atoms in total. The van der Waals surface area contributed by atoms with Crippen molar-refractivity contribution in [1.82, 2.24) is 19.4 Å². The number of anilines is 1. The van der Waals surface area contributed by atoms with Gasteiger partial charge < -0.3 is 29.3 Å². The first kappa shape index (κ1) is 61.5. The maximum absolute atomic E-state index is 12.9. The predicted octanol–water partition coefficient (Wildman–Crippen LogP) is 6.68. The zero-order valence-corrected chi connectivity index (χ0v) is 40.7. The van der Waals surface area contributed by atoms with Crippen LogP contribution in [-0.4, -0.2) is 109 Å². The highest BCUT2D eigenvalue weighted by Crippen LogP contribution is 2.32. The number of para-hydroxylation sites is 1. The Bertz CT molecular complexity index is 2280. The summed E-state index contributed by atoms with van der Waals surface area (Å²) in [7, 11) is -3.20. The van der Waals surface area contributed by atoms with Gasteiger partial charge in [0.2, 0.25) is 5.91 Å². The van der Waals surface area contributed by atoms with E-state index in [1.54, 1.807) is 30.9 Å². The third-order valence-electron chi connectivity index (χ3n) is 7.98. The third kappa shape index (κ3) is 21.4. The first-order valence-corrected chi connectivity index (χ1v) is 22.9. The van der Waals surface area contributed by atoms with Crippen molar-refractivity contribution in [3.8, 4) is 5.69 Å². The van der Waals surface area contributed by atoms with Crippen molar-refractivity contribution in [2.75, 3.05) is 50.0 Å². The van der Waals surface area contributed by atoms with E-state index in [1.165, 1.54) is 17.0 Å². The number of halogens is 7. The molecule has 0 radical (unpaired) electrons. The maximum atomic E-state index is 12.9. The average molecular weight is 1040 g/mol. The summed E-state index contributed by atoms with van der Waals surface area (Å²) >= 11 is 22.4. The number of aliphatic carboxylic acids is 1. The number of hydrogen-bond donors (Lipinski definition) is 4. The van der Waals surface area contributed by atoms with Gasteiger partial charge in [0.15, 0.2) is 4.84 Å². The summed E-state index contributed by atoms with van der Waals surface area (Å²) in [5, 5.41) is 10.1. The fourth-order valence-corrected chi connectivity index (χ4v) is 6.16. The number of aryl methyl sites for hydroxylation is 2. The maximum Gasteiger partial charge on any atom is 0.431 e. The average Bonchev–Trinajstić information content (AvgIpc) is 3.22. The van der Waals surface area contributed by atoms with Crippen molar-refractivity contribution in [1.29, 1.82) is 0 Å². The number of nitrogens with one attached hydrogen (secondary N) is 1. The van der Waals surface area contributed by atoms with Gasteiger partial charge in [-0.2, -0.15) is 13.2 Å². The molecule has 3 aromatic rings. The van der Waals surface area contributed by atoms with E-state index in [4.69, 9.17) is 70.8 Å². The number of esters is 1. The molecule has 0 aliphatic carbocycles. The van der Waals surface area contributed by atoms with E-state index >= 15 is 0 Å². The molecule has 0 bridgehead atoms. The second-order valence-corrected chi connectivity index (χ2v) is 16.9. The minimum atomic E-state index is -4.86. The van der Waals surface area contributed by atoms with Crippen molar-refractivity contribution >= 4 is 83.4 Å². The quantitative estimate of drug-likeness (QED) is 0.0343. The van der Waals surface area contributed by atoms with Crippen LogP contribution < -0.4 is 21.5 Å². The third-order valence-corrected chi connectivity index (χ3v) is 9.55. The number of alkyl halides is 6. The molecule has 0 fully saturated rings.